The molecule has 1 unspecified atom stereocenters. The minimum Gasteiger partial charge on any atom is -0.348 e. The van der Waals surface area contributed by atoms with Gasteiger partial charge in [-0.25, -0.2) is 4.98 Å². The topological polar surface area (TPSA) is 42.0 Å². The summed E-state index contributed by atoms with van der Waals surface area (Å²) < 4.78 is 0. The molecule has 0 aliphatic carbocycles. The molecule has 0 saturated heterocycles. The van der Waals surface area contributed by atoms with Gasteiger partial charge in [0.15, 0.2) is 0 Å². The maximum Gasteiger partial charge on any atom is 0.270 e. The van der Waals surface area contributed by atoms with Crippen LogP contribution in [-0.4, -0.2) is 16.9 Å². The second-order valence-corrected chi connectivity index (χ2v) is 5.23. The molecule has 1 N–H and O–H groups in total. The van der Waals surface area contributed by atoms with Crippen molar-refractivity contribution in [1.82, 2.24) is 10.3 Å². The molecule has 0 radical (unpaired) electrons. The van der Waals surface area contributed by atoms with E-state index in [1.54, 1.807) is 10.9 Å². The van der Waals surface area contributed by atoms with Gasteiger partial charge in [-0.05, 0) is 31.0 Å². The Bertz CT molecular complexity index is 510. The van der Waals surface area contributed by atoms with Crippen LogP contribution in [0.15, 0.2) is 35.2 Å². The van der Waals surface area contributed by atoms with E-state index in [9.17, 15) is 4.79 Å². The lowest BCUT2D eigenvalue weighted by molar-refractivity contribution is 0.0936. The van der Waals surface area contributed by atoms with E-state index in [0.29, 0.717) is 5.69 Å². The molecular formula is C13H13ClN2OS. The van der Waals surface area contributed by atoms with E-state index in [0.717, 1.165) is 17.0 Å². The first kappa shape index (κ1) is 13.1. The van der Waals surface area contributed by atoms with Gasteiger partial charge in [0.25, 0.3) is 5.91 Å². The maximum atomic E-state index is 11.8. The van der Waals surface area contributed by atoms with Crippen LogP contribution in [0.25, 0.3) is 0 Å². The fraction of sp³-hybridized carbons (Fsp3) is 0.231. The van der Waals surface area contributed by atoms with Gasteiger partial charge in [-0.3, -0.25) is 4.79 Å². The Kier molecular flexibility index (Phi) is 4.33. The summed E-state index contributed by atoms with van der Waals surface area (Å²) in [6, 6.07) is 7.69. The van der Waals surface area contributed by atoms with Crippen molar-refractivity contribution in [3.63, 3.8) is 0 Å². The quantitative estimate of drug-likeness (QED) is 0.935. The van der Waals surface area contributed by atoms with Crippen molar-refractivity contribution in [3.05, 3.63) is 51.4 Å². The van der Waals surface area contributed by atoms with E-state index >= 15 is 0 Å². The first-order valence-electron chi connectivity index (χ1n) is 5.58. The van der Waals surface area contributed by atoms with Crippen LogP contribution >= 0.6 is 22.9 Å². The predicted octanol–water partition coefficient (Wildman–Crippen LogP) is 3.16. The fourth-order valence-electron chi connectivity index (χ4n) is 1.65. The predicted molar refractivity (Wildman–Crippen MR) is 74.2 cm³/mol. The number of nitrogens with one attached hydrogen (secondary N) is 1. The number of thiazole rings is 1. The summed E-state index contributed by atoms with van der Waals surface area (Å²) in [5.74, 6) is -0.127. The van der Waals surface area contributed by atoms with Gasteiger partial charge in [0, 0.05) is 16.4 Å². The Morgan fingerprint density at radius 3 is 2.78 bits per heavy atom. The van der Waals surface area contributed by atoms with Gasteiger partial charge >= 0.3 is 0 Å². The van der Waals surface area contributed by atoms with Crippen molar-refractivity contribution < 1.29 is 4.79 Å². The second-order valence-electron chi connectivity index (χ2n) is 4.08. The first-order chi connectivity index (χ1) is 8.65. The standard InChI is InChI=1S/C13H13ClN2OS/c1-9(6-10-2-4-11(14)5-3-10)16-13(17)12-7-18-8-15-12/h2-5,7-9H,6H2,1H3,(H,16,17). The summed E-state index contributed by atoms with van der Waals surface area (Å²) in [6.07, 6.45) is 0.771. The van der Waals surface area contributed by atoms with Gasteiger partial charge < -0.3 is 5.32 Å². The zero-order valence-corrected chi connectivity index (χ0v) is 11.5. The van der Waals surface area contributed by atoms with Crippen molar-refractivity contribution in [2.24, 2.45) is 0 Å². The molecule has 2 aromatic rings. The molecule has 18 heavy (non-hydrogen) atoms. The number of benzene rings is 1. The summed E-state index contributed by atoms with van der Waals surface area (Å²) in [6.45, 7) is 1.97. The number of aromatic nitrogens is 1. The Labute approximate surface area is 115 Å². The normalized spacial score (nSPS) is 12.1. The molecule has 0 aliphatic heterocycles. The van der Waals surface area contributed by atoms with Gasteiger partial charge in [0.2, 0.25) is 0 Å². The van der Waals surface area contributed by atoms with Crippen LogP contribution in [0.3, 0.4) is 0 Å². The van der Waals surface area contributed by atoms with Gasteiger partial charge in [-0.1, -0.05) is 23.7 Å². The SMILES string of the molecule is CC(Cc1ccc(Cl)cc1)NC(=O)c1cscn1. The summed E-state index contributed by atoms with van der Waals surface area (Å²) >= 11 is 7.24. The van der Waals surface area contributed by atoms with E-state index in [-0.39, 0.29) is 11.9 Å². The van der Waals surface area contributed by atoms with Gasteiger partial charge in [-0.2, -0.15) is 0 Å². The van der Waals surface area contributed by atoms with Crippen molar-refractivity contribution in [1.29, 1.82) is 0 Å². The van der Waals surface area contributed by atoms with E-state index in [1.807, 2.05) is 31.2 Å². The average molecular weight is 281 g/mol. The maximum absolute atomic E-state index is 11.8. The van der Waals surface area contributed by atoms with Crippen LogP contribution in [0.4, 0.5) is 0 Å². The highest BCUT2D eigenvalue weighted by Gasteiger charge is 2.11. The molecule has 3 nitrogen and oxygen atoms in total. The summed E-state index contributed by atoms with van der Waals surface area (Å²) in [7, 11) is 0. The molecule has 1 heterocycles. The highest BCUT2D eigenvalue weighted by molar-refractivity contribution is 7.07. The zero-order valence-electron chi connectivity index (χ0n) is 9.89. The first-order valence-corrected chi connectivity index (χ1v) is 6.90. The number of halogens is 1. The van der Waals surface area contributed by atoms with Crippen molar-refractivity contribution in [3.8, 4) is 0 Å². The lowest BCUT2D eigenvalue weighted by Gasteiger charge is -2.13. The molecular weight excluding hydrogens is 268 g/mol. The van der Waals surface area contributed by atoms with Crippen LogP contribution < -0.4 is 5.32 Å². The molecule has 94 valence electrons. The van der Waals surface area contributed by atoms with Crippen molar-refractivity contribution in [2.75, 3.05) is 0 Å². The summed E-state index contributed by atoms with van der Waals surface area (Å²) in [5, 5.41) is 5.38. The number of nitrogens with zero attached hydrogens (tertiary/aromatic N) is 1. The molecule has 0 aliphatic rings. The third-order valence-corrected chi connectivity index (χ3v) is 3.34. The van der Waals surface area contributed by atoms with E-state index < -0.39 is 0 Å². The lowest BCUT2D eigenvalue weighted by Crippen LogP contribution is -2.34. The van der Waals surface area contributed by atoms with E-state index in [4.69, 9.17) is 11.6 Å². The Morgan fingerprint density at radius 1 is 1.44 bits per heavy atom. The number of carbonyl (C=O) groups excluding carboxylic acids is 1. The minimum atomic E-state index is -0.127. The molecule has 0 spiro atoms. The Morgan fingerprint density at radius 2 is 2.17 bits per heavy atom. The molecule has 1 atom stereocenters. The van der Waals surface area contributed by atoms with Crippen LogP contribution in [0.5, 0.6) is 0 Å². The Balaban J connectivity index is 1.90. The summed E-state index contributed by atoms with van der Waals surface area (Å²) in [5.41, 5.74) is 3.27. The molecule has 0 bridgehead atoms. The van der Waals surface area contributed by atoms with E-state index in [2.05, 4.69) is 10.3 Å². The molecule has 1 amide bonds. The molecule has 1 aromatic carbocycles. The number of rotatable bonds is 4. The third kappa shape index (κ3) is 3.55. The van der Waals surface area contributed by atoms with Crippen LogP contribution in [0.2, 0.25) is 5.02 Å². The fourth-order valence-corrected chi connectivity index (χ4v) is 2.31. The molecule has 5 heteroatoms. The summed E-state index contributed by atoms with van der Waals surface area (Å²) in [4.78, 5) is 15.7. The number of amides is 1. The molecule has 1 aromatic heterocycles. The lowest BCUT2D eigenvalue weighted by atomic mass is 10.1. The zero-order chi connectivity index (χ0) is 13.0. The molecule has 0 saturated carbocycles. The number of hydrogen-bond donors (Lipinski definition) is 1. The monoisotopic (exact) mass is 280 g/mol. The highest BCUT2D eigenvalue weighted by Crippen LogP contribution is 2.11. The van der Waals surface area contributed by atoms with Gasteiger partial charge in [-0.15, -0.1) is 11.3 Å². The van der Waals surface area contributed by atoms with Crippen LogP contribution in [-0.2, 0) is 6.42 Å². The van der Waals surface area contributed by atoms with Gasteiger partial charge in [0.1, 0.15) is 5.69 Å². The van der Waals surface area contributed by atoms with Crippen LogP contribution in [0.1, 0.15) is 23.0 Å². The smallest absolute Gasteiger partial charge is 0.270 e. The minimum absolute atomic E-state index is 0.0559. The molecule has 2 rings (SSSR count). The number of carbonyl (C=O) groups is 1. The number of hydrogen-bond acceptors (Lipinski definition) is 3. The Hall–Kier alpha value is -1.39. The third-order valence-electron chi connectivity index (χ3n) is 2.50. The largest absolute Gasteiger partial charge is 0.348 e. The van der Waals surface area contributed by atoms with Gasteiger partial charge in [0.05, 0.1) is 5.51 Å². The molecule has 0 fully saturated rings. The van der Waals surface area contributed by atoms with Crippen molar-refractivity contribution in [2.45, 2.75) is 19.4 Å². The van der Waals surface area contributed by atoms with E-state index in [1.165, 1.54) is 11.3 Å². The average Bonchev–Trinajstić information content (AvgIpc) is 2.85. The van der Waals surface area contributed by atoms with Crippen molar-refractivity contribution >= 4 is 28.8 Å². The second kappa shape index (κ2) is 5.98. The highest BCUT2D eigenvalue weighted by atomic mass is 35.5. The van der Waals surface area contributed by atoms with Crippen LogP contribution in [0, 0.1) is 0 Å².